The van der Waals surface area contributed by atoms with Crippen LogP contribution in [-0.2, 0) is 0 Å². The molecule has 0 spiro atoms. The van der Waals surface area contributed by atoms with Crippen molar-refractivity contribution in [2.75, 3.05) is 5.73 Å². The minimum absolute atomic E-state index is 0.0193. The second kappa shape index (κ2) is 4.63. The molecule has 5 heteroatoms. The average Bonchev–Trinajstić information content (AvgIpc) is 2.67. The molecule has 0 heterocycles. The zero-order chi connectivity index (χ0) is 12.4. The lowest BCUT2D eigenvalue weighted by Crippen LogP contribution is -2.34. The van der Waals surface area contributed by atoms with Gasteiger partial charge < -0.3 is 21.3 Å². The van der Waals surface area contributed by atoms with Crippen LogP contribution in [0.5, 0.6) is 5.75 Å². The molecule has 5 nitrogen and oxygen atoms in total. The van der Waals surface area contributed by atoms with E-state index >= 15 is 0 Å². The number of carboxylic acid groups (broad SMARTS) is 1. The third kappa shape index (κ3) is 2.50. The van der Waals surface area contributed by atoms with Gasteiger partial charge in [-0.15, -0.1) is 0 Å². The molecule has 0 saturated heterocycles. The summed E-state index contributed by atoms with van der Waals surface area (Å²) < 4.78 is 5.67. The number of benzene rings is 1. The monoisotopic (exact) mass is 236 g/mol. The van der Waals surface area contributed by atoms with Crippen molar-refractivity contribution in [3.05, 3.63) is 23.8 Å². The van der Waals surface area contributed by atoms with Crippen LogP contribution in [0.1, 0.15) is 29.6 Å². The Bertz CT molecular complexity index is 434. The van der Waals surface area contributed by atoms with E-state index < -0.39 is 5.97 Å². The number of anilines is 1. The van der Waals surface area contributed by atoms with Gasteiger partial charge in [-0.1, -0.05) is 0 Å². The lowest BCUT2D eigenvalue weighted by Gasteiger charge is -2.19. The highest BCUT2D eigenvalue weighted by Crippen LogP contribution is 2.27. The van der Waals surface area contributed by atoms with E-state index in [-0.39, 0.29) is 17.7 Å². The molecule has 2 rings (SSSR count). The minimum atomic E-state index is -1.04. The third-order valence-corrected chi connectivity index (χ3v) is 3.02. The van der Waals surface area contributed by atoms with Gasteiger partial charge in [-0.05, 0) is 37.5 Å². The Morgan fingerprint density at radius 1 is 1.41 bits per heavy atom. The molecular weight excluding hydrogens is 220 g/mol. The first-order chi connectivity index (χ1) is 8.08. The number of ether oxygens (including phenoxy) is 1. The molecular formula is C12H16N2O3. The molecule has 1 aliphatic carbocycles. The normalized spacial score (nSPS) is 23.6. The summed E-state index contributed by atoms with van der Waals surface area (Å²) in [6.45, 7) is 0. The molecule has 1 aromatic rings. The molecule has 17 heavy (non-hydrogen) atoms. The fourth-order valence-electron chi connectivity index (χ4n) is 2.08. The molecule has 2 atom stereocenters. The first-order valence-electron chi connectivity index (χ1n) is 5.63. The molecule has 0 amide bonds. The standard InChI is InChI=1S/C12H16N2O3/c13-7-4-5-10(8(6-7)12(15)16)17-11-3-1-2-9(11)14/h4-6,9,11H,1-3,13-14H2,(H,15,16). The van der Waals surface area contributed by atoms with Crippen molar-refractivity contribution in [2.24, 2.45) is 5.73 Å². The zero-order valence-corrected chi connectivity index (χ0v) is 9.43. The summed E-state index contributed by atoms with van der Waals surface area (Å²) in [5, 5.41) is 9.06. The van der Waals surface area contributed by atoms with E-state index in [1.807, 2.05) is 0 Å². The Morgan fingerprint density at radius 3 is 2.76 bits per heavy atom. The summed E-state index contributed by atoms with van der Waals surface area (Å²) in [4.78, 5) is 11.1. The second-order valence-corrected chi connectivity index (χ2v) is 4.31. The van der Waals surface area contributed by atoms with E-state index in [4.69, 9.17) is 21.3 Å². The highest BCUT2D eigenvalue weighted by atomic mass is 16.5. The van der Waals surface area contributed by atoms with Crippen LogP contribution >= 0.6 is 0 Å². The molecule has 1 aromatic carbocycles. The van der Waals surface area contributed by atoms with E-state index in [9.17, 15) is 4.79 Å². The van der Waals surface area contributed by atoms with Gasteiger partial charge in [-0.2, -0.15) is 0 Å². The van der Waals surface area contributed by atoms with Gasteiger partial charge in [0.25, 0.3) is 0 Å². The van der Waals surface area contributed by atoms with E-state index in [0.717, 1.165) is 19.3 Å². The molecule has 1 saturated carbocycles. The van der Waals surface area contributed by atoms with Crippen molar-refractivity contribution in [1.82, 2.24) is 0 Å². The number of nitrogen functional groups attached to an aromatic ring is 1. The van der Waals surface area contributed by atoms with Gasteiger partial charge in [0.15, 0.2) is 0 Å². The van der Waals surface area contributed by atoms with Gasteiger partial charge in [-0.25, -0.2) is 4.79 Å². The SMILES string of the molecule is Nc1ccc(OC2CCCC2N)c(C(=O)O)c1. The van der Waals surface area contributed by atoms with Crippen molar-refractivity contribution < 1.29 is 14.6 Å². The van der Waals surface area contributed by atoms with E-state index in [2.05, 4.69) is 0 Å². The molecule has 0 bridgehead atoms. The number of nitrogens with two attached hydrogens (primary N) is 2. The minimum Gasteiger partial charge on any atom is -0.488 e. The Morgan fingerprint density at radius 2 is 2.18 bits per heavy atom. The zero-order valence-electron chi connectivity index (χ0n) is 9.43. The number of hydrogen-bond acceptors (Lipinski definition) is 4. The molecule has 5 N–H and O–H groups in total. The highest BCUT2D eigenvalue weighted by molar-refractivity contribution is 5.92. The third-order valence-electron chi connectivity index (χ3n) is 3.02. The van der Waals surface area contributed by atoms with Crippen LogP contribution in [0.4, 0.5) is 5.69 Å². The van der Waals surface area contributed by atoms with Gasteiger partial charge in [0.2, 0.25) is 0 Å². The molecule has 0 radical (unpaired) electrons. The molecule has 1 fully saturated rings. The van der Waals surface area contributed by atoms with Gasteiger partial charge in [-0.3, -0.25) is 0 Å². The molecule has 1 aliphatic rings. The predicted molar refractivity (Wildman–Crippen MR) is 64.1 cm³/mol. The Hall–Kier alpha value is -1.75. The summed E-state index contributed by atoms with van der Waals surface area (Å²) in [6, 6.07) is 4.60. The number of carbonyl (C=O) groups is 1. The average molecular weight is 236 g/mol. The van der Waals surface area contributed by atoms with Gasteiger partial charge in [0.1, 0.15) is 17.4 Å². The van der Waals surface area contributed by atoms with Crippen LogP contribution in [0.15, 0.2) is 18.2 Å². The van der Waals surface area contributed by atoms with Crippen molar-refractivity contribution in [3.8, 4) is 5.75 Å². The first kappa shape index (κ1) is 11.7. The van der Waals surface area contributed by atoms with Crippen molar-refractivity contribution in [1.29, 1.82) is 0 Å². The van der Waals surface area contributed by atoms with Gasteiger partial charge >= 0.3 is 5.97 Å². The predicted octanol–water partition coefficient (Wildman–Crippen LogP) is 1.23. The lowest BCUT2D eigenvalue weighted by molar-refractivity contribution is 0.0688. The Kier molecular flexibility index (Phi) is 3.19. The summed E-state index contributed by atoms with van der Waals surface area (Å²) in [5.74, 6) is -0.701. The number of aromatic carboxylic acids is 1. The summed E-state index contributed by atoms with van der Waals surface area (Å²) in [7, 11) is 0. The van der Waals surface area contributed by atoms with Crippen molar-refractivity contribution in [3.63, 3.8) is 0 Å². The van der Waals surface area contributed by atoms with E-state index in [0.29, 0.717) is 11.4 Å². The summed E-state index contributed by atoms with van der Waals surface area (Å²) >= 11 is 0. The first-order valence-corrected chi connectivity index (χ1v) is 5.63. The van der Waals surface area contributed by atoms with Gasteiger partial charge in [0.05, 0.1) is 0 Å². The van der Waals surface area contributed by atoms with Crippen LogP contribution in [0.3, 0.4) is 0 Å². The van der Waals surface area contributed by atoms with Gasteiger partial charge in [0, 0.05) is 11.7 Å². The van der Waals surface area contributed by atoms with Crippen LogP contribution in [0.2, 0.25) is 0 Å². The lowest BCUT2D eigenvalue weighted by atomic mass is 10.1. The molecule has 2 unspecified atom stereocenters. The maximum absolute atomic E-state index is 11.1. The second-order valence-electron chi connectivity index (χ2n) is 4.31. The van der Waals surface area contributed by atoms with E-state index in [1.54, 1.807) is 12.1 Å². The molecule has 92 valence electrons. The van der Waals surface area contributed by atoms with E-state index in [1.165, 1.54) is 6.07 Å². The highest BCUT2D eigenvalue weighted by Gasteiger charge is 2.27. The smallest absolute Gasteiger partial charge is 0.339 e. The maximum Gasteiger partial charge on any atom is 0.339 e. The summed E-state index contributed by atoms with van der Waals surface area (Å²) in [5.41, 5.74) is 11.9. The van der Waals surface area contributed by atoms with Crippen LogP contribution < -0.4 is 16.2 Å². The molecule has 0 aliphatic heterocycles. The van der Waals surface area contributed by atoms with Crippen LogP contribution in [-0.4, -0.2) is 23.2 Å². The summed E-state index contributed by atoms with van der Waals surface area (Å²) in [6.07, 6.45) is 2.70. The van der Waals surface area contributed by atoms with Crippen LogP contribution in [0, 0.1) is 0 Å². The van der Waals surface area contributed by atoms with Crippen molar-refractivity contribution in [2.45, 2.75) is 31.4 Å². The van der Waals surface area contributed by atoms with Crippen molar-refractivity contribution >= 4 is 11.7 Å². The fraction of sp³-hybridized carbons (Fsp3) is 0.417. The number of carboxylic acids is 1. The number of rotatable bonds is 3. The van der Waals surface area contributed by atoms with Crippen LogP contribution in [0.25, 0.3) is 0 Å². The largest absolute Gasteiger partial charge is 0.488 e. The topological polar surface area (TPSA) is 98.6 Å². The number of hydrogen-bond donors (Lipinski definition) is 3. The molecule has 0 aromatic heterocycles. The maximum atomic E-state index is 11.1. The Labute approximate surface area is 99.4 Å². The fourth-order valence-corrected chi connectivity index (χ4v) is 2.08. The quantitative estimate of drug-likeness (QED) is 0.685. The Balaban J connectivity index is 2.22.